The predicted octanol–water partition coefficient (Wildman–Crippen LogP) is 4.39. The molecule has 0 aliphatic heterocycles. The maximum Gasteiger partial charge on any atom is 0.287 e. The Morgan fingerprint density at radius 2 is 1.68 bits per heavy atom. The summed E-state index contributed by atoms with van der Waals surface area (Å²) in [6.45, 7) is 2.92. The Hall–Kier alpha value is -3.01. The van der Waals surface area contributed by atoms with E-state index in [0.717, 1.165) is 5.75 Å². The van der Waals surface area contributed by atoms with E-state index in [-0.39, 0.29) is 18.4 Å². The first-order valence-corrected chi connectivity index (χ1v) is 8.32. The van der Waals surface area contributed by atoms with E-state index in [1.165, 1.54) is 5.56 Å². The lowest BCUT2D eigenvalue weighted by atomic mass is 10.0. The number of benzene rings is 2. The van der Waals surface area contributed by atoms with Crippen molar-refractivity contribution in [1.29, 1.82) is 0 Å². The molecule has 1 amide bonds. The Kier molecular flexibility index (Phi) is 5.52. The smallest absolute Gasteiger partial charge is 0.287 e. The van der Waals surface area contributed by atoms with Crippen molar-refractivity contribution in [2.24, 2.45) is 0 Å². The quantitative estimate of drug-likeness (QED) is 0.696. The van der Waals surface area contributed by atoms with E-state index in [1.807, 2.05) is 48.5 Å². The van der Waals surface area contributed by atoms with Crippen molar-refractivity contribution >= 4 is 5.91 Å². The Labute approximate surface area is 147 Å². The molecule has 0 saturated heterocycles. The summed E-state index contributed by atoms with van der Waals surface area (Å²) in [4.78, 5) is 12.2. The van der Waals surface area contributed by atoms with Gasteiger partial charge in [-0.05, 0) is 35.7 Å². The van der Waals surface area contributed by atoms with Gasteiger partial charge in [0.25, 0.3) is 5.91 Å². The molecule has 0 aliphatic carbocycles. The summed E-state index contributed by atoms with van der Waals surface area (Å²) < 4.78 is 11.2. The first kappa shape index (κ1) is 16.8. The van der Waals surface area contributed by atoms with E-state index in [2.05, 4.69) is 24.4 Å². The maximum absolute atomic E-state index is 12.2. The van der Waals surface area contributed by atoms with Crippen molar-refractivity contribution in [3.05, 3.63) is 89.9 Å². The number of amides is 1. The molecular formula is C21H21NO3. The third-order valence-corrected chi connectivity index (χ3v) is 3.95. The molecule has 1 N–H and O–H groups in total. The predicted molar refractivity (Wildman–Crippen MR) is 96.7 cm³/mol. The molecule has 0 spiro atoms. The number of carbonyl (C=O) groups is 1. The third-order valence-electron chi connectivity index (χ3n) is 3.95. The van der Waals surface area contributed by atoms with Gasteiger partial charge in [0.2, 0.25) is 0 Å². The average molecular weight is 335 g/mol. The Balaban J connectivity index is 1.50. The van der Waals surface area contributed by atoms with Crippen LogP contribution in [0, 0.1) is 0 Å². The number of para-hydroxylation sites is 1. The molecule has 4 nitrogen and oxygen atoms in total. The van der Waals surface area contributed by atoms with E-state index in [0.29, 0.717) is 18.1 Å². The summed E-state index contributed by atoms with van der Waals surface area (Å²) in [5, 5.41) is 2.91. The minimum Gasteiger partial charge on any atom is -0.486 e. The van der Waals surface area contributed by atoms with Gasteiger partial charge in [-0.3, -0.25) is 4.79 Å². The van der Waals surface area contributed by atoms with Crippen LogP contribution in [0.25, 0.3) is 0 Å². The number of ether oxygens (including phenoxy) is 1. The maximum atomic E-state index is 12.2. The molecule has 0 fully saturated rings. The molecule has 3 aromatic rings. The van der Waals surface area contributed by atoms with Gasteiger partial charge in [0.15, 0.2) is 5.76 Å². The summed E-state index contributed by atoms with van der Waals surface area (Å²) in [6, 6.07) is 23.0. The Morgan fingerprint density at radius 3 is 2.40 bits per heavy atom. The zero-order valence-electron chi connectivity index (χ0n) is 14.1. The van der Waals surface area contributed by atoms with Crippen molar-refractivity contribution < 1.29 is 13.9 Å². The molecule has 1 heterocycles. The van der Waals surface area contributed by atoms with Gasteiger partial charge in [-0.1, -0.05) is 55.5 Å². The number of furan rings is 1. The molecular weight excluding hydrogens is 314 g/mol. The lowest BCUT2D eigenvalue weighted by Gasteiger charge is -2.12. The zero-order valence-corrected chi connectivity index (χ0v) is 14.1. The van der Waals surface area contributed by atoms with Gasteiger partial charge >= 0.3 is 0 Å². The summed E-state index contributed by atoms with van der Waals surface area (Å²) in [7, 11) is 0. The lowest BCUT2D eigenvalue weighted by Crippen LogP contribution is -2.27. The van der Waals surface area contributed by atoms with E-state index < -0.39 is 0 Å². The zero-order chi connectivity index (χ0) is 17.5. The fourth-order valence-electron chi connectivity index (χ4n) is 2.48. The van der Waals surface area contributed by atoms with Gasteiger partial charge in [-0.25, -0.2) is 0 Å². The Morgan fingerprint density at radius 1 is 1.00 bits per heavy atom. The number of nitrogens with one attached hydrogen (secondary N) is 1. The molecule has 1 aromatic heterocycles. The summed E-state index contributed by atoms with van der Waals surface area (Å²) >= 11 is 0. The first-order chi connectivity index (χ1) is 12.2. The average Bonchev–Trinajstić information content (AvgIpc) is 3.15. The summed E-state index contributed by atoms with van der Waals surface area (Å²) in [5.41, 5.74) is 1.19. The van der Waals surface area contributed by atoms with Crippen LogP contribution in [-0.4, -0.2) is 12.5 Å². The van der Waals surface area contributed by atoms with Crippen LogP contribution in [0.2, 0.25) is 0 Å². The monoisotopic (exact) mass is 335 g/mol. The van der Waals surface area contributed by atoms with Gasteiger partial charge in [0.05, 0.1) is 0 Å². The van der Waals surface area contributed by atoms with Crippen LogP contribution in [0.15, 0.2) is 77.2 Å². The fraction of sp³-hybridized carbons (Fsp3) is 0.190. The molecule has 25 heavy (non-hydrogen) atoms. The topological polar surface area (TPSA) is 51.5 Å². The number of hydrogen-bond donors (Lipinski definition) is 1. The molecule has 0 saturated carbocycles. The van der Waals surface area contributed by atoms with Crippen LogP contribution in [0.3, 0.4) is 0 Å². The van der Waals surface area contributed by atoms with E-state index >= 15 is 0 Å². The molecule has 1 atom stereocenters. The highest BCUT2D eigenvalue weighted by atomic mass is 16.5. The van der Waals surface area contributed by atoms with E-state index in [1.54, 1.807) is 12.1 Å². The fourth-order valence-corrected chi connectivity index (χ4v) is 2.48. The van der Waals surface area contributed by atoms with Gasteiger partial charge in [0.1, 0.15) is 18.1 Å². The largest absolute Gasteiger partial charge is 0.486 e. The first-order valence-electron chi connectivity index (χ1n) is 8.32. The molecule has 0 radical (unpaired) electrons. The normalized spacial score (nSPS) is 11.7. The number of rotatable bonds is 7. The highest BCUT2D eigenvalue weighted by molar-refractivity contribution is 5.91. The lowest BCUT2D eigenvalue weighted by molar-refractivity contribution is 0.0920. The van der Waals surface area contributed by atoms with E-state index in [4.69, 9.17) is 9.15 Å². The highest BCUT2D eigenvalue weighted by Gasteiger charge is 2.13. The molecule has 3 rings (SSSR count). The second-order valence-electron chi connectivity index (χ2n) is 5.89. The van der Waals surface area contributed by atoms with Crippen molar-refractivity contribution in [1.82, 2.24) is 5.32 Å². The van der Waals surface area contributed by atoms with Crippen LogP contribution >= 0.6 is 0 Å². The van der Waals surface area contributed by atoms with Crippen LogP contribution in [0.1, 0.15) is 34.7 Å². The van der Waals surface area contributed by atoms with Gasteiger partial charge in [0, 0.05) is 6.54 Å². The van der Waals surface area contributed by atoms with Gasteiger partial charge in [-0.2, -0.15) is 0 Å². The van der Waals surface area contributed by atoms with Crippen LogP contribution in [0.4, 0.5) is 0 Å². The Bertz CT molecular complexity index is 796. The molecule has 4 heteroatoms. The molecule has 2 aromatic carbocycles. The summed E-state index contributed by atoms with van der Waals surface area (Å²) in [5.74, 6) is 1.70. The van der Waals surface area contributed by atoms with Crippen molar-refractivity contribution in [2.45, 2.75) is 19.4 Å². The van der Waals surface area contributed by atoms with Crippen molar-refractivity contribution in [3.8, 4) is 5.75 Å². The number of carbonyl (C=O) groups excluding carboxylic acids is 1. The molecule has 0 bridgehead atoms. The standard InChI is InChI=1S/C21H21NO3/c1-16(17-8-4-2-5-9-17)14-22-21(23)20-13-12-19(25-20)15-24-18-10-6-3-7-11-18/h2-13,16H,14-15H2,1H3,(H,22,23). The second-order valence-corrected chi connectivity index (χ2v) is 5.89. The third kappa shape index (κ3) is 4.73. The minimum atomic E-state index is -0.214. The molecule has 128 valence electrons. The van der Waals surface area contributed by atoms with E-state index in [9.17, 15) is 4.79 Å². The van der Waals surface area contributed by atoms with Crippen molar-refractivity contribution in [3.63, 3.8) is 0 Å². The number of hydrogen-bond acceptors (Lipinski definition) is 3. The van der Waals surface area contributed by atoms with Crippen molar-refractivity contribution in [2.75, 3.05) is 6.54 Å². The highest BCUT2D eigenvalue weighted by Crippen LogP contribution is 2.15. The molecule has 0 aliphatic rings. The van der Waals surface area contributed by atoms with Crippen LogP contribution in [-0.2, 0) is 6.61 Å². The second kappa shape index (κ2) is 8.20. The van der Waals surface area contributed by atoms with Gasteiger partial charge in [-0.15, -0.1) is 0 Å². The minimum absolute atomic E-state index is 0.214. The summed E-state index contributed by atoms with van der Waals surface area (Å²) in [6.07, 6.45) is 0. The van der Waals surface area contributed by atoms with Crippen LogP contribution in [0.5, 0.6) is 5.75 Å². The SMILES string of the molecule is CC(CNC(=O)c1ccc(COc2ccccc2)o1)c1ccccc1. The molecule has 1 unspecified atom stereocenters. The van der Waals surface area contributed by atoms with Crippen LogP contribution < -0.4 is 10.1 Å². The van der Waals surface area contributed by atoms with Gasteiger partial charge < -0.3 is 14.5 Å².